The first-order valence-electron chi connectivity index (χ1n) is 10.8. The zero-order valence-corrected chi connectivity index (χ0v) is 16.7. The van der Waals surface area contributed by atoms with Crippen LogP contribution in [0.15, 0.2) is 60.8 Å². The Hall–Kier alpha value is -2.88. The number of benzene rings is 2. The average molecular weight is 386 g/mol. The largest absolute Gasteiger partial charge is 0.349 e. The molecule has 0 fully saturated rings. The Bertz CT molecular complexity index is 1010. The molecule has 2 unspecified atom stereocenters. The van der Waals surface area contributed by atoms with E-state index in [1.807, 2.05) is 12.3 Å². The van der Waals surface area contributed by atoms with E-state index in [9.17, 15) is 4.79 Å². The van der Waals surface area contributed by atoms with Crippen LogP contribution in [0.4, 0.5) is 0 Å². The minimum Gasteiger partial charge on any atom is -0.349 e. The lowest BCUT2D eigenvalue weighted by atomic mass is 9.82. The van der Waals surface area contributed by atoms with Crippen molar-refractivity contribution in [2.24, 2.45) is 0 Å². The molecule has 1 aromatic heterocycles. The van der Waals surface area contributed by atoms with Gasteiger partial charge in [-0.1, -0.05) is 54.6 Å². The molecule has 1 heterocycles. The number of nitrogens with one attached hydrogen (secondary N) is 1. The molecule has 2 aromatic carbocycles. The minimum absolute atomic E-state index is 0.0234. The predicted molar refractivity (Wildman–Crippen MR) is 114 cm³/mol. The third-order valence-electron chi connectivity index (χ3n) is 6.44. The number of nitrogens with zero attached hydrogens (tertiary/aromatic N) is 2. The molecule has 1 N–H and O–H groups in total. The van der Waals surface area contributed by atoms with Gasteiger partial charge in [-0.25, -0.2) is 0 Å². The van der Waals surface area contributed by atoms with Crippen molar-refractivity contribution in [3.8, 4) is 0 Å². The van der Waals surface area contributed by atoms with Crippen molar-refractivity contribution >= 4 is 5.91 Å². The van der Waals surface area contributed by atoms with Gasteiger partial charge in [0.25, 0.3) is 0 Å². The summed E-state index contributed by atoms with van der Waals surface area (Å²) in [5.41, 5.74) is 6.27. The molecule has 2 aliphatic carbocycles. The molecule has 0 saturated heterocycles. The van der Waals surface area contributed by atoms with Gasteiger partial charge in [-0.3, -0.25) is 9.48 Å². The van der Waals surface area contributed by atoms with Crippen molar-refractivity contribution in [3.05, 3.63) is 88.7 Å². The lowest BCUT2D eigenvalue weighted by Gasteiger charge is -2.29. The van der Waals surface area contributed by atoms with Gasteiger partial charge in [0, 0.05) is 11.3 Å². The number of hydrogen-bond acceptors (Lipinski definition) is 2. The fraction of sp³-hybridized carbons (Fsp3) is 0.360. The quantitative estimate of drug-likeness (QED) is 0.716. The Morgan fingerprint density at radius 1 is 0.966 bits per heavy atom. The molecule has 2 aliphatic rings. The molecular weight excluding hydrogens is 358 g/mol. The molecule has 4 nitrogen and oxygen atoms in total. The molecule has 0 saturated carbocycles. The molecule has 5 rings (SSSR count). The SMILES string of the molecule is O=C(NC1CCCc2c1cnn2Cc1ccccc1)C1CCCc2ccccc21. The number of aromatic nitrogens is 2. The van der Waals surface area contributed by atoms with Crippen LogP contribution in [0.3, 0.4) is 0 Å². The summed E-state index contributed by atoms with van der Waals surface area (Å²) in [5, 5.41) is 8.04. The van der Waals surface area contributed by atoms with Crippen molar-refractivity contribution < 1.29 is 4.79 Å². The van der Waals surface area contributed by atoms with E-state index in [4.69, 9.17) is 0 Å². The van der Waals surface area contributed by atoms with Crippen LogP contribution in [-0.2, 0) is 24.2 Å². The second kappa shape index (κ2) is 7.86. The summed E-state index contributed by atoms with van der Waals surface area (Å²) in [5.74, 6) is 0.149. The minimum atomic E-state index is -0.0234. The summed E-state index contributed by atoms with van der Waals surface area (Å²) >= 11 is 0. The lowest BCUT2D eigenvalue weighted by Crippen LogP contribution is -2.35. The first-order chi connectivity index (χ1) is 14.3. The zero-order chi connectivity index (χ0) is 19.6. The number of fused-ring (bicyclic) bond motifs is 2. The van der Waals surface area contributed by atoms with Gasteiger partial charge in [-0.05, 0) is 55.2 Å². The molecule has 148 valence electrons. The first-order valence-corrected chi connectivity index (χ1v) is 10.8. The third-order valence-corrected chi connectivity index (χ3v) is 6.44. The lowest BCUT2D eigenvalue weighted by molar-refractivity contribution is -0.123. The topological polar surface area (TPSA) is 46.9 Å². The van der Waals surface area contributed by atoms with Crippen LogP contribution < -0.4 is 5.32 Å². The number of hydrogen-bond donors (Lipinski definition) is 1. The van der Waals surface area contributed by atoms with Crippen molar-refractivity contribution in [1.29, 1.82) is 0 Å². The fourth-order valence-corrected chi connectivity index (χ4v) is 4.96. The highest BCUT2D eigenvalue weighted by Gasteiger charge is 2.30. The van der Waals surface area contributed by atoms with Crippen molar-refractivity contribution in [2.45, 2.75) is 57.0 Å². The Kier molecular flexibility index (Phi) is 4.92. The van der Waals surface area contributed by atoms with Gasteiger partial charge in [-0.15, -0.1) is 0 Å². The van der Waals surface area contributed by atoms with Crippen LogP contribution in [0.2, 0.25) is 0 Å². The number of carbonyl (C=O) groups is 1. The number of rotatable bonds is 4. The second-order valence-electron chi connectivity index (χ2n) is 8.29. The average Bonchev–Trinajstić information content (AvgIpc) is 3.18. The van der Waals surface area contributed by atoms with E-state index in [-0.39, 0.29) is 17.9 Å². The maximum Gasteiger partial charge on any atom is 0.228 e. The number of amides is 1. The van der Waals surface area contributed by atoms with Gasteiger partial charge < -0.3 is 5.32 Å². The maximum absolute atomic E-state index is 13.2. The van der Waals surface area contributed by atoms with E-state index < -0.39 is 0 Å². The Balaban J connectivity index is 1.35. The summed E-state index contributed by atoms with van der Waals surface area (Å²) in [4.78, 5) is 13.2. The predicted octanol–water partition coefficient (Wildman–Crippen LogP) is 4.55. The molecule has 1 amide bonds. The fourth-order valence-electron chi connectivity index (χ4n) is 4.96. The van der Waals surface area contributed by atoms with Crippen LogP contribution in [0.1, 0.15) is 65.6 Å². The van der Waals surface area contributed by atoms with Crippen LogP contribution in [0.25, 0.3) is 0 Å². The molecule has 0 bridgehead atoms. The first kappa shape index (κ1) is 18.2. The highest BCUT2D eigenvalue weighted by atomic mass is 16.1. The van der Waals surface area contributed by atoms with Crippen molar-refractivity contribution in [2.75, 3.05) is 0 Å². The highest BCUT2D eigenvalue weighted by Crippen LogP contribution is 2.34. The summed E-state index contributed by atoms with van der Waals surface area (Å²) in [6.45, 7) is 0.785. The van der Waals surface area contributed by atoms with E-state index in [1.54, 1.807) is 0 Å². The van der Waals surface area contributed by atoms with Gasteiger partial charge in [0.05, 0.1) is 24.7 Å². The Labute approximate surface area is 172 Å². The van der Waals surface area contributed by atoms with Crippen LogP contribution in [-0.4, -0.2) is 15.7 Å². The Morgan fingerprint density at radius 2 is 1.76 bits per heavy atom. The maximum atomic E-state index is 13.2. The summed E-state index contributed by atoms with van der Waals surface area (Å²) < 4.78 is 2.11. The molecular formula is C25H27N3O. The van der Waals surface area contributed by atoms with Gasteiger partial charge in [-0.2, -0.15) is 5.10 Å². The van der Waals surface area contributed by atoms with E-state index in [0.29, 0.717) is 0 Å². The van der Waals surface area contributed by atoms with E-state index >= 15 is 0 Å². The molecule has 3 aromatic rings. The van der Waals surface area contributed by atoms with Crippen LogP contribution >= 0.6 is 0 Å². The smallest absolute Gasteiger partial charge is 0.228 e. The number of aryl methyl sites for hydroxylation is 1. The standard InChI is InChI=1S/C25H27N3O/c29-25(21-13-6-11-19-10-4-5-12-20(19)21)27-23-14-7-15-24-22(23)16-26-28(24)17-18-8-2-1-3-9-18/h1-5,8-10,12,16,21,23H,6-7,11,13-15,17H2,(H,27,29). The van der Waals surface area contributed by atoms with Gasteiger partial charge >= 0.3 is 0 Å². The summed E-state index contributed by atoms with van der Waals surface area (Å²) in [7, 11) is 0. The normalized spacial score (nSPS) is 20.6. The molecule has 29 heavy (non-hydrogen) atoms. The monoisotopic (exact) mass is 385 g/mol. The molecule has 0 radical (unpaired) electrons. The zero-order valence-electron chi connectivity index (χ0n) is 16.7. The van der Waals surface area contributed by atoms with Gasteiger partial charge in [0.2, 0.25) is 5.91 Å². The van der Waals surface area contributed by atoms with E-state index in [2.05, 4.69) is 63.6 Å². The second-order valence-corrected chi connectivity index (χ2v) is 8.29. The number of carbonyl (C=O) groups excluding carboxylic acids is 1. The Morgan fingerprint density at radius 3 is 2.66 bits per heavy atom. The van der Waals surface area contributed by atoms with Crippen LogP contribution in [0, 0.1) is 0 Å². The molecule has 2 atom stereocenters. The van der Waals surface area contributed by atoms with Gasteiger partial charge in [0.15, 0.2) is 0 Å². The summed E-state index contributed by atoms with van der Waals surface area (Å²) in [6, 6.07) is 18.9. The van der Waals surface area contributed by atoms with E-state index in [1.165, 1.54) is 27.9 Å². The molecule has 0 aliphatic heterocycles. The van der Waals surface area contributed by atoms with Crippen molar-refractivity contribution in [3.63, 3.8) is 0 Å². The van der Waals surface area contributed by atoms with Crippen LogP contribution in [0.5, 0.6) is 0 Å². The van der Waals surface area contributed by atoms with Gasteiger partial charge in [0.1, 0.15) is 0 Å². The highest BCUT2D eigenvalue weighted by molar-refractivity contribution is 5.84. The molecule has 0 spiro atoms. The molecule has 4 heteroatoms. The summed E-state index contributed by atoms with van der Waals surface area (Å²) in [6.07, 6.45) is 8.18. The third kappa shape index (κ3) is 3.59. The van der Waals surface area contributed by atoms with Crippen molar-refractivity contribution in [1.82, 2.24) is 15.1 Å². The van der Waals surface area contributed by atoms with E-state index in [0.717, 1.165) is 45.1 Å².